The third-order valence-corrected chi connectivity index (χ3v) is 3.38. The van der Waals surface area contributed by atoms with Gasteiger partial charge in [-0.05, 0) is 24.6 Å². The summed E-state index contributed by atoms with van der Waals surface area (Å²) in [5.74, 6) is -0.161. The number of hydrogen-bond acceptors (Lipinski definition) is 3. The molecular formula is C15H22ClN3O2. The van der Waals surface area contributed by atoms with Gasteiger partial charge < -0.3 is 16.3 Å². The maximum Gasteiger partial charge on any atom is 0.224 e. The zero-order chi connectivity index (χ0) is 15.7. The number of rotatable bonds is 8. The molecule has 0 spiro atoms. The van der Waals surface area contributed by atoms with Gasteiger partial charge in [-0.3, -0.25) is 4.79 Å². The molecule has 0 aliphatic heterocycles. The van der Waals surface area contributed by atoms with Crippen molar-refractivity contribution in [2.75, 3.05) is 5.32 Å². The number of amidine groups is 1. The van der Waals surface area contributed by atoms with Crippen molar-refractivity contribution in [1.29, 1.82) is 0 Å². The zero-order valence-corrected chi connectivity index (χ0v) is 13.0. The van der Waals surface area contributed by atoms with Crippen LogP contribution in [0.5, 0.6) is 0 Å². The van der Waals surface area contributed by atoms with Crippen molar-refractivity contribution in [3.8, 4) is 0 Å². The van der Waals surface area contributed by atoms with E-state index in [4.69, 9.17) is 22.5 Å². The Morgan fingerprint density at radius 1 is 1.33 bits per heavy atom. The van der Waals surface area contributed by atoms with E-state index < -0.39 is 0 Å². The summed E-state index contributed by atoms with van der Waals surface area (Å²) in [6.45, 7) is 2.15. The number of hydrogen-bond donors (Lipinski definition) is 3. The molecule has 116 valence electrons. The summed E-state index contributed by atoms with van der Waals surface area (Å²) < 4.78 is 0. The summed E-state index contributed by atoms with van der Waals surface area (Å²) in [6, 6.07) is 4.81. The highest BCUT2D eigenvalue weighted by Gasteiger charge is 2.11. The first-order chi connectivity index (χ1) is 10.1. The van der Waals surface area contributed by atoms with E-state index in [0.717, 1.165) is 19.3 Å². The van der Waals surface area contributed by atoms with Crippen LogP contribution in [-0.2, 0) is 4.79 Å². The Morgan fingerprint density at radius 2 is 2.05 bits per heavy atom. The van der Waals surface area contributed by atoms with Gasteiger partial charge in [0.15, 0.2) is 5.84 Å². The second-order valence-corrected chi connectivity index (χ2v) is 5.32. The quantitative estimate of drug-likeness (QED) is 0.225. The molecule has 21 heavy (non-hydrogen) atoms. The summed E-state index contributed by atoms with van der Waals surface area (Å²) in [5.41, 5.74) is 6.48. The maximum absolute atomic E-state index is 11.9. The minimum atomic E-state index is -0.0965. The second-order valence-electron chi connectivity index (χ2n) is 4.89. The van der Waals surface area contributed by atoms with Crippen LogP contribution in [0.15, 0.2) is 23.4 Å². The van der Waals surface area contributed by atoms with Crippen molar-refractivity contribution >= 4 is 29.0 Å². The van der Waals surface area contributed by atoms with Crippen LogP contribution >= 0.6 is 11.6 Å². The van der Waals surface area contributed by atoms with E-state index in [0.29, 0.717) is 22.7 Å². The van der Waals surface area contributed by atoms with Crippen LogP contribution in [0.3, 0.4) is 0 Å². The largest absolute Gasteiger partial charge is 0.409 e. The van der Waals surface area contributed by atoms with E-state index in [2.05, 4.69) is 17.4 Å². The average molecular weight is 312 g/mol. The molecule has 0 atom stereocenters. The molecule has 0 bridgehead atoms. The van der Waals surface area contributed by atoms with E-state index in [1.54, 1.807) is 18.2 Å². The van der Waals surface area contributed by atoms with Crippen molar-refractivity contribution < 1.29 is 10.0 Å². The molecule has 6 heteroatoms. The summed E-state index contributed by atoms with van der Waals surface area (Å²) in [6.07, 6.45) is 5.87. The number of halogens is 1. The molecule has 0 aliphatic rings. The third-order valence-electron chi connectivity index (χ3n) is 3.15. The highest BCUT2D eigenvalue weighted by Crippen LogP contribution is 2.21. The first-order valence-corrected chi connectivity index (χ1v) is 7.53. The number of anilines is 1. The molecule has 0 saturated heterocycles. The molecule has 4 N–H and O–H groups in total. The van der Waals surface area contributed by atoms with Crippen molar-refractivity contribution in [2.24, 2.45) is 10.9 Å². The van der Waals surface area contributed by atoms with Crippen LogP contribution < -0.4 is 11.1 Å². The number of nitrogens with zero attached hydrogens (tertiary/aromatic N) is 1. The highest BCUT2D eigenvalue weighted by atomic mass is 35.5. The Hall–Kier alpha value is -1.75. The van der Waals surface area contributed by atoms with Crippen LogP contribution in [0.1, 0.15) is 51.0 Å². The lowest BCUT2D eigenvalue weighted by atomic mass is 10.1. The average Bonchev–Trinajstić information content (AvgIpc) is 2.46. The molecule has 1 aromatic carbocycles. The predicted molar refractivity (Wildman–Crippen MR) is 86.0 cm³/mol. The number of oxime groups is 1. The van der Waals surface area contributed by atoms with Gasteiger partial charge in [-0.2, -0.15) is 0 Å². The van der Waals surface area contributed by atoms with Crippen molar-refractivity contribution in [3.63, 3.8) is 0 Å². The second kappa shape index (κ2) is 9.23. The van der Waals surface area contributed by atoms with E-state index in [9.17, 15) is 4.79 Å². The Kier molecular flexibility index (Phi) is 7.61. The maximum atomic E-state index is 11.9. The summed E-state index contributed by atoms with van der Waals surface area (Å²) >= 11 is 5.92. The molecule has 0 heterocycles. The Bertz CT molecular complexity index is 504. The molecule has 1 rings (SSSR count). The SMILES string of the molecule is CCCCCCCC(=O)Nc1cc(Cl)ccc1C(N)=NO. The number of unbranched alkanes of at least 4 members (excludes halogenated alkanes) is 4. The zero-order valence-electron chi connectivity index (χ0n) is 12.2. The Labute approximate surface area is 130 Å². The minimum absolute atomic E-state index is 0.0649. The van der Waals surface area contributed by atoms with E-state index in [1.165, 1.54) is 12.8 Å². The summed E-state index contributed by atoms with van der Waals surface area (Å²) in [7, 11) is 0. The molecule has 5 nitrogen and oxygen atoms in total. The van der Waals surface area contributed by atoms with E-state index >= 15 is 0 Å². The lowest BCUT2D eigenvalue weighted by Gasteiger charge is -2.10. The van der Waals surface area contributed by atoms with Gasteiger partial charge >= 0.3 is 0 Å². The van der Waals surface area contributed by atoms with Crippen LogP contribution in [0, 0.1) is 0 Å². The lowest BCUT2D eigenvalue weighted by molar-refractivity contribution is -0.116. The predicted octanol–water partition coefficient (Wildman–Crippen LogP) is 3.73. The normalized spacial score (nSPS) is 11.4. The van der Waals surface area contributed by atoms with Crippen LogP contribution in [0.4, 0.5) is 5.69 Å². The van der Waals surface area contributed by atoms with E-state index in [1.807, 2.05) is 0 Å². The molecule has 0 aliphatic carbocycles. The highest BCUT2D eigenvalue weighted by molar-refractivity contribution is 6.31. The standard InChI is InChI=1S/C15H22ClN3O2/c1-2-3-4-5-6-7-14(20)18-13-10-11(16)8-9-12(13)15(17)19-21/h8-10,21H,2-7H2,1H3,(H2,17,19)(H,18,20). The van der Waals surface area contributed by atoms with Crippen molar-refractivity contribution in [3.05, 3.63) is 28.8 Å². The smallest absolute Gasteiger partial charge is 0.224 e. The third kappa shape index (κ3) is 6.04. The van der Waals surface area contributed by atoms with Gasteiger partial charge in [-0.1, -0.05) is 49.4 Å². The number of nitrogens with one attached hydrogen (secondary N) is 1. The summed E-state index contributed by atoms with van der Waals surface area (Å²) in [5, 5.41) is 14.9. The van der Waals surface area contributed by atoms with Crippen LogP contribution in [0.2, 0.25) is 5.02 Å². The number of benzene rings is 1. The Balaban J connectivity index is 2.61. The lowest BCUT2D eigenvalue weighted by Crippen LogP contribution is -2.19. The molecule has 1 aromatic rings. The van der Waals surface area contributed by atoms with Gasteiger partial charge in [0.25, 0.3) is 0 Å². The van der Waals surface area contributed by atoms with Gasteiger partial charge in [-0.25, -0.2) is 0 Å². The fourth-order valence-electron chi connectivity index (χ4n) is 2.00. The van der Waals surface area contributed by atoms with E-state index in [-0.39, 0.29) is 11.7 Å². The van der Waals surface area contributed by atoms with Crippen LogP contribution in [0.25, 0.3) is 0 Å². The van der Waals surface area contributed by atoms with Gasteiger partial charge in [0.1, 0.15) is 0 Å². The molecule has 0 unspecified atom stereocenters. The fraction of sp³-hybridized carbons (Fsp3) is 0.467. The minimum Gasteiger partial charge on any atom is -0.409 e. The molecule has 0 aromatic heterocycles. The molecule has 0 saturated carbocycles. The topological polar surface area (TPSA) is 87.7 Å². The van der Waals surface area contributed by atoms with Gasteiger partial charge in [0.05, 0.1) is 5.69 Å². The van der Waals surface area contributed by atoms with Crippen molar-refractivity contribution in [1.82, 2.24) is 0 Å². The molecular weight excluding hydrogens is 290 g/mol. The van der Waals surface area contributed by atoms with Crippen LogP contribution in [-0.4, -0.2) is 17.0 Å². The fourth-order valence-corrected chi connectivity index (χ4v) is 2.17. The van der Waals surface area contributed by atoms with Gasteiger partial charge in [-0.15, -0.1) is 0 Å². The number of amides is 1. The monoisotopic (exact) mass is 311 g/mol. The molecule has 0 fully saturated rings. The number of carbonyl (C=O) groups excluding carboxylic acids is 1. The molecule has 1 amide bonds. The number of nitrogens with two attached hydrogens (primary N) is 1. The first kappa shape index (κ1) is 17.3. The summed E-state index contributed by atoms with van der Waals surface area (Å²) in [4.78, 5) is 11.9. The van der Waals surface area contributed by atoms with Gasteiger partial charge in [0, 0.05) is 17.0 Å². The first-order valence-electron chi connectivity index (χ1n) is 7.15. The van der Waals surface area contributed by atoms with Crippen molar-refractivity contribution in [2.45, 2.75) is 45.4 Å². The van der Waals surface area contributed by atoms with Gasteiger partial charge in [0.2, 0.25) is 5.91 Å². The number of carbonyl (C=O) groups is 1. The Morgan fingerprint density at radius 3 is 2.71 bits per heavy atom. The molecule has 0 radical (unpaired) electrons.